The van der Waals surface area contributed by atoms with E-state index in [4.69, 9.17) is 10.2 Å². The topological polar surface area (TPSA) is 73.3 Å². The van der Waals surface area contributed by atoms with E-state index < -0.39 is 17.5 Å². The Balaban J connectivity index is 2.80. The number of carboxylic acid groups (broad SMARTS) is 1. The molecule has 0 spiro atoms. The van der Waals surface area contributed by atoms with Gasteiger partial charge in [-0.15, -0.1) is 0 Å². The number of nitrogens with one attached hydrogen (secondary N) is 1. The number of aromatic amines is 1. The zero-order valence-electron chi connectivity index (χ0n) is 6.91. The third kappa shape index (κ3) is 1.10. The zero-order chi connectivity index (χ0) is 10.3. The van der Waals surface area contributed by atoms with E-state index in [-0.39, 0.29) is 10.9 Å². The number of aromatic hydroxyl groups is 1. The molecule has 0 bridgehead atoms. The van der Waals surface area contributed by atoms with Gasteiger partial charge in [-0.25, -0.2) is 9.18 Å². The van der Waals surface area contributed by atoms with Gasteiger partial charge in [0.1, 0.15) is 0 Å². The minimum atomic E-state index is -1.14. The molecule has 3 N–H and O–H groups in total. The van der Waals surface area contributed by atoms with Gasteiger partial charge in [-0.2, -0.15) is 0 Å². The minimum absolute atomic E-state index is 0.0149. The smallest absolute Gasteiger partial charge is 0.337 e. The number of halogens is 1. The number of benzene rings is 1. The molecular weight excluding hydrogens is 189 g/mol. The van der Waals surface area contributed by atoms with Gasteiger partial charge in [-0.1, -0.05) is 0 Å². The lowest BCUT2D eigenvalue weighted by Gasteiger charge is -1.96. The van der Waals surface area contributed by atoms with Crippen LogP contribution in [0.2, 0.25) is 0 Å². The summed E-state index contributed by atoms with van der Waals surface area (Å²) in [6.45, 7) is 0. The summed E-state index contributed by atoms with van der Waals surface area (Å²) in [4.78, 5) is 13.3. The van der Waals surface area contributed by atoms with E-state index in [2.05, 4.69) is 4.98 Å². The zero-order valence-corrected chi connectivity index (χ0v) is 6.91. The number of aromatic nitrogens is 1. The summed E-state index contributed by atoms with van der Waals surface area (Å²) in [6.07, 6.45) is 1.26. The summed E-state index contributed by atoms with van der Waals surface area (Å²) >= 11 is 0. The Labute approximate surface area is 77.6 Å². The van der Waals surface area contributed by atoms with Crippen molar-refractivity contribution in [1.29, 1.82) is 0 Å². The molecule has 0 aliphatic heterocycles. The predicted molar refractivity (Wildman–Crippen MR) is 46.9 cm³/mol. The Hall–Kier alpha value is -2.04. The van der Waals surface area contributed by atoms with Crippen molar-refractivity contribution in [1.82, 2.24) is 4.98 Å². The van der Waals surface area contributed by atoms with Crippen LogP contribution >= 0.6 is 0 Å². The molecule has 0 aliphatic rings. The highest BCUT2D eigenvalue weighted by atomic mass is 19.1. The van der Waals surface area contributed by atoms with E-state index >= 15 is 0 Å². The molecule has 1 aromatic heterocycles. The number of carboxylic acids is 1. The van der Waals surface area contributed by atoms with Gasteiger partial charge in [-0.05, 0) is 6.07 Å². The highest BCUT2D eigenvalue weighted by Crippen LogP contribution is 2.25. The lowest BCUT2D eigenvalue weighted by Crippen LogP contribution is -1.93. The van der Waals surface area contributed by atoms with E-state index in [1.54, 1.807) is 0 Å². The molecule has 0 aliphatic carbocycles. The van der Waals surface area contributed by atoms with E-state index in [0.29, 0.717) is 5.52 Å². The number of H-pyrrole nitrogens is 1. The molecule has 0 saturated carbocycles. The van der Waals surface area contributed by atoms with Gasteiger partial charge in [-0.3, -0.25) is 0 Å². The Morgan fingerprint density at radius 1 is 1.43 bits per heavy atom. The SMILES string of the molecule is O=C(O)c1c[nH]c2cc(O)c(F)cc12. The van der Waals surface area contributed by atoms with Crippen LogP contribution in [-0.2, 0) is 0 Å². The molecule has 4 nitrogen and oxygen atoms in total. The molecule has 0 radical (unpaired) electrons. The van der Waals surface area contributed by atoms with E-state index in [1.807, 2.05) is 0 Å². The Morgan fingerprint density at radius 3 is 2.79 bits per heavy atom. The van der Waals surface area contributed by atoms with Gasteiger partial charge in [0.05, 0.1) is 11.1 Å². The van der Waals surface area contributed by atoms with Gasteiger partial charge < -0.3 is 15.2 Å². The number of phenolic OH excluding ortho intramolecular Hbond substituents is 1. The lowest BCUT2D eigenvalue weighted by atomic mass is 10.1. The van der Waals surface area contributed by atoms with Crippen molar-refractivity contribution in [2.24, 2.45) is 0 Å². The monoisotopic (exact) mass is 195 g/mol. The van der Waals surface area contributed by atoms with Gasteiger partial charge >= 0.3 is 5.97 Å². The third-order valence-corrected chi connectivity index (χ3v) is 1.98. The first-order valence-electron chi connectivity index (χ1n) is 3.82. The third-order valence-electron chi connectivity index (χ3n) is 1.98. The number of hydrogen-bond acceptors (Lipinski definition) is 2. The Morgan fingerprint density at radius 2 is 2.14 bits per heavy atom. The van der Waals surface area contributed by atoms with Crippen LogP contribution in [0.15, 0.2) is 18.3 Å². The molecule has 14 heavy (non-hydrogen) atoms. The number of fused-ring (bicyclic) bond motifs is 1. The van der Waals surface area contributed by atoms with Crippen molar-refractivity contribution in [2.75, 3.05) is 0 Å². The number of aromatic carboxylic acids is 1. The van der Waals surface area contributed by atoms with Crippen molar-refractivity contribution in [3.63, 3.8) is 0 Å². The maximum atomic E-state index is 12.9. The second-order valence-corrected chi connectivity index (χ2v) is 2.86. The fourth-order valence-electron chi connectivity index (χ4n) is 1.31. The molecule has 0 unspecified atom stereocenters. The Bertz CT molecular complexity index is 518. The molecule has 2 rings (SSSR count). The first kappa shape index (κ1) is 8.55. The van der Waals surface area contributed by atoms with E-state index in [0.717, 1.165) is 12.1 Å². The minimum Gasteiger partial charge on any atom is -0.505 e. The maximum absolute atomic E-state index is 12.9. The quantitative estimate of drug-likeness (QED) is 0.648. The summed E-state index contributed by atoms with van der Waals surface area (Å²) in [5.74, 6) is -2.47. The molecular formula is C9H6FNO3. The largest absolute Gasteiger partial charge is 0.505 e. The second-order valence-electron chi connectivity index (χ2n) is 2.86. The summed E-state index contributed by atoms with van der Waals surface area (Å²) in [7, 11) is 0. The molecule has 2 aromatic rings. The van der Waals surface area contributed by atoms with Gasteiger partial charge in [0.2, 0.25) is 0 Å². The fraction of sp³-hybridized carbons (Fsp3) is 0. The van der Waals surface area contributed by atoms with Crippen molar-refractivity contribution in [3.05, 3.63) is 29.7 Å². The molecule has 72 valence electrons. The average Bonchev–Trinajstić information content (AvgIpc) is 2.48. The van der Waals surface area contributed by atoms with Gasteiger partial charge in [0.15, 0.2) is 11.6 Å². The summed E-state index contributed by atoms with van der Waals surface area (Å²) < 4.78 is 12.9. The number of hydrogen-bond donors (Lipinski definition) is 3. The predicted octanol–water partition coefficient (Wildman–Crippen LogP) is 1.71. The number of carbonyl (C=O) groups is 1. The standard InChI is InChI=1S/C9H6FNO3/c10-6-1-4-5(9(13)14)3-11-7(4)2-8(6)12/h1-3,11-12H,(H,13,14). The highest BCUT2D eigenvalue weighted by molar-refractivity contribution is 6.03. The Kier molecular flexibility index (Phi) is 1.67. The van der Waals surface area contributed by atoms with Crippen LogP contribution < -0.4 is 0 Å². The first-order chi connectivity index (χ1) is 6.59. The summed E-state index contributed by atoms with van der Waals surface area (Å²) in [5, 5.41) is 18.0. The molecule has 1 heterocycles. The van der Waals surface area contributed by atoms with E-state index in [9.17, 15) is 9.18 Å². The molecule has 0 fully saturated rings. The first-order valence-corrected chi connectivity index (χ1v) is 3.82. The normalized spacial score (nSPS) is 10.6. The summed E-state index contributed by atoms with van der Waals surface area (Å²) in [6, 6.07) is 2.14. The molecule has 0 amide bonds. The van der Waals surface area contributed by atoms with Crippen molar-refractivity contribution < 1.29 is 19.4 Å². The van der Waals surface area contributed by atoms with Crippen molar-refractivity contribution >= 4 is 16.9 Å². The highest BCUT2D eigenvalue weighted by Gasteiger charge is 2.12. The summed E-state index contributed by atoms with van der Waals surface area (Å²) in [5.41, 5.74) is 0.375. The van der Waals surface area contributed by atoms with Crippen molar-refractivity contribution in [3.8, 4) is 5.75 Å². The van der Waals surface area contributed by atoms with Gasteiger partial charge in [0.25, 0.3) is 0 Å². The van der Waals surface area contributed by atoms with E-state index in [1.165, 1.54) is 6.20 Å². The molecule has 0 saturated heterocycles. The van der Waals surface area contributed by atoms with Crippen LogP contribution in [0.4, 0.5) is 4.39 Å². The van der Waals surface area contributed by atoms with Gasteiger partial charge in [0, 0.05) is 17.6 Å². The van der Waals surface area contributed by atoms with Crippen LogP contribution in [-0.4, -0.2) is 21.2 Å². The molecule has 1 aromatic carbocycles. The van der Waals surface area contributed by atoms with Crippen LogP contribution in [0.25, 0.3) is 10.9 Å². The lowest BCUT2D eigenvalue weighted by molar-refractivity contribution is 0.0699. The molecule has 5 heteroatoms. The number of phenols is 1. The number of rotatable bonds is 1. The van der Waals surface area contributed by atoms with Crippen LogP contribution in [0.3, 0.4) is 0 Å². The van der Waals surface area contributed by atoms with Crippen molar-refractivity contribution in [2.45, 2.75) is 0 Å². The van der Waals surface area contributed by atoms with Crippen LogP contribution in [0.5, 0.6) is 5.75 Å². The molecule has 0 atom stereocenters. The maximum Gasteiger partial charge on any atom is 0.337 e. The fourth-order valence-corrected chi connectivity index (χ4v) is 1.31. The average molecular weight is 195 g/mol. The van der Waals surface area contributed by atoms with Crippen LogP contribution in [0.1, 0.15) is 10.4 Å². The second kappa shape index (κ2) is 2.73. The van der Waals surface area contributed by atoms with Crippen LogP contribution in [0, 0.1) is 5.82 Å².